The van der Waals surface area contributed by atoms with E-state index in [9.17, 15) is 0 Å². The van der Waals surface area contributed by atoms with E-state index in [1.807, 2.05) is 6.07 Å². The molecule has 3 aromatic rings. The van der Waals surface area contributed by atoms with Crippen LogP contribution in [0.2, 0.25) is 0 Å². The molecular weight excluding hydrogens is 298 g/mol. The fraction of sp³-hybridized carbons (Fsp3) is 0. The summed E-state index contributed by atoms with van der Waals surface area (Å²) < 4.78 is 0. The monoisotopic (exact) mass is 315 g/mol. The van der Waals surface area contributed by atoms with Crippen molar-refractivity contribution in [3.8, 4) is 0 Å². The van der Waals surface area contributed by atoms with Crippen LogP contribution in [0.25, 0.3) is 0 Å². The number of benzene rings is 3. The first kappa shape index (κ1) is 14.0. The van der Waals surface area contributed by atoms with E-state index in [-0.39, 0.29) is 10.5 Å². The van der Waals surface area contributed by atoms with Crippen molar-refractivity contribution in [3.63, 3.8) is 0 Å². The second-order valence-corrected chi connectivity index (χ2v) is 7.19. The fourth-order valence-electron chi connectivity index (χ4n) is 2.66. The molecule has 4 rings (SSSR count). The molecule has 1 atom stereocenters. The summed E-state index contributed by atoms with van der Waals surface area (Å²) in [5.41, 5.74) is 3.61. The van der Waals surface area contributed by atoms with Crippen molar-refractivity contribution in [1.29, 1.82) is 0 Å². The molecule has 0 bridgehead atoms. The molecule has 1 aliphatic rings. The number of hydrogen-bond acceptors (Lipinski definition) is 1. The van der Waals surface area contributed by atoms with Crippen molar-refractivity contribution in [1.82, 2.24) is 0 Å². The lowest BCUT2D eigenvalue weighted by molar-refractivity contribution is 1.41. The standard InChI is InChI=1S/C21H17NS/c1-3-9-17(10-4-1)20-15-16-23(20)21-14-8-7-13-19(21)22-18-11-5-2-6-12-18/h1-16,22H. The Balaban J connectivity index is 1.73. The fourth-order valence-corrected chi connectivity index (χ4v) is 4.42. The molecule has 3 aromatic carbocycles. The Morgan fingerprint density at radius 1 is 0.652 bits per heavy atom. The third-order valence-corrected chi connectivity index (χ3v) is 5.91. The second-order valence-electron chi connectivity index (χ2n) is 5.36. The van der Waals surface area contributed by atoms with Crippen LogP contribution < -0.4 is 5.32 Å². The van der Waals surface area contributed by atoms with Crippen molar-refractivity contribution in [2.45, 2.75) is 4.90 Å². The van der Waals surface area contributed by atoms with Gasteiger partial charge >= 0.3 is 0 Å². The van der Waals surface area contributed by atoms with E-state index < -0.39 is 0 Å². The number of allylic oxidation sites excluding steroid dienone is 1. The minimum atomic E-state index is 0.0398. The van der Waals surface area contributed by atoms with Crippen molar-refractivity contribution in [3.05, 3.63) is 102 Å². The lowest BCUT2D eigenvalue weighted by Crippen LogP contribution is -2.04. The molecule has 112 valence electrons. The van der Waals surface area contributed by atoms with Gasteiger partial charge in [-0.15, -0.1) is 10.5 Å². The summed E-state index contributed by atoms with van der Waals surface area (Å²) in [6.07, 6.45) is 2.23. The normalized spacial score (nSPS) is 16.0. The largest absolute Gasteiger partial charge is 0.355 e. The summed E-state index contributed by atoms with van der Waals surface area (Å²) >= 11 is 0. The molecule has 0 spiro atoms. The Bertz CT molecular complexity index is 880. The first-order valence-corrected chi connectivity index (χ1v) is 8.95. The topological polar surface area (TPSA) is 12.0 Å². The van der Waals surface area contributed by atoms with Gasteiger partial charge in [-0.3, -0.25) is 0 Å². The van der Waals surface area contributed by atoms with Crippen LogP contribution in [0.3, 0.4) is 0 Å². The summed E-state index contributed by atoms with van der Waals surface area (Å²) in [4.78, 5) is 2.76. The van der Waals surface area contributed by atoms with Crippen LogP contribution in [-0.4, -0.2) is 4.86 Å². The first-order chi connectivity index (χ1) is 11.4. The summed E-state index contributed by atoms with van der Waals surface area (Å²) in [7, 11) is 0.0398. The molecule has 23 heavy (non-hydrogen) atoms. The summed E-state index contributed by atoms with van der Waals surface area (Å²) in [6, 6.07) is 29.6. The summed E-state index contributed by atoms with van der Waals surface area (Å²) in [5, 5.41) is 5.85. The Morgan fingerprint density at radius 3 is 2.00 bits per heavy atom. The van der Waals surface area contributed by atoms with Crippen LogP contribution in [0, 0.1) is 0 Å². The van der Waals surface area contributed by atoms with Crippen LogP contribution in [-0.2, 0) is 0 Å². The van der Waals surface area contributed by atoms with Gasteiger partial charge in [0.15, 0.2) is 0 Å². The molecule has 0 aromatic heterocycles. The van der Waals surface area contributed by atoms with E-state index >= 15 is 0 Å². The zero-order valence-electron chi connectivity index (χ0n) is 12.6. The Hall–Kier alpha value is -2.58. The maximum absolute atomic E-state index is 3.55. The lowest BCUT2D eigenvalue weighted by Gasteiger charge is -2.21. The highest BCUT2D eigenvalue weighted by molar-refractivity contribution is 8.20. The van der Waals surface area contributed by atoms with Crippen LogP contribution in [0.1, 0.15) is 5.56 Å². The van der Waals surface area contributed by atoms with E-state index in [2.05, 4.69) is 95.7 Å². The minimum Gasteiger partial charge on any atom is -0.355 e. The van der Waals surface area contributed by atoms with Crippen LogP contribution >= 0.6 is 10.5 Å². The predicted molar refractivity (Wildman–Crippen MR) is 102 cm³/mol. The van der Waals surface area contributed by atoms with E-state index in [1.54, 1.807) is 0 Å². The molecule has 1 heterocycles. The molecule has 0 saturated carbocycles. The number of para-hydroxylation sites is 2. The third kappa shape index (κ3) is 2.86. The van der Waals surface area contributed by atoms with E-state index in [0.29, 0.717) is 0 Å². The molecule has 0 amide bonds. The zero-order valence-corrected chi connectivity index (χ0v) is 13.5. The van der Waals surface area contributed by atoms with Gasteiger partial charge in [0.1, 0.15) is 0 Å². The maximum Gasteiger partial charge on any atom is 0.0521 e. The maximum atomic E-state index is 3.55. The van der Waals surface area contributed by atoms with Crippen molar-refractivity contribution in [2.75, 3.05) is 5.32 Å². The SMILES string of the molecule is C1=CS(c2ccccc2Nc2ccccc2)=C1c1ccccc1. The van der Waals surface area contributed by atoms with Gasteiger partial charge in [0.2, 0.25) is 0 Å². The Labute approximate surface area is 139 Å². The molecule has 1 nitrogen and oxygen atoms in total. The van der Waals surface area contributed by atoms with E-state index in [4.69, 9.17) is 0 Å². The van der Waals surface area contributed by atoms with Crippen LogP contribution in [0.4, 0.5) is 11.4 Å². The first-order valence-electron chi connectivity index (χ1n) is 7.66. The zero-order chi connectivity index (χ0) is 15.5. The lowest BCUT2D eigenvalue weighted by atomic mass is 10.1. The number of rotatable bonds is 4. The molecule has 0 saturated heterocycles. The predicted octanol–water partition coefficient (Wildman–Crippen LogP) is 5.81. The molecule has 0 radical (unpaired) electrons. The average Bonchev–Trinajstić information content (AvgIpc) is 2.58. The molecule has 1 aliphatic heterocycles. The van der Waals surface area contributed by atoms with Gasteiger partial charge in [-0.1, -0.05) is 60.7 Å². The Morgan fingerprint density at radius 2 is 1.30 bits per heavy atom. The van der Waals surface area contributed by atoms with Gasteiger partial charge < -0.3 is 5.32 Å². The van der Waals surface area contributed by atoms with E-state index in [1.165, 1.54) is 21.0 Å². The molecule has 1 unspecified atom stereocenters. The molecule has 0 aliphatic carbocycles. The quantitative estimate of drug-likeness (QED) is 0.599. The van der Waals surface area contributed by atoms with Gasteiger partial charge in [0.05, 0.1) is 5.69 Å². The van der Waals surface area contributed by atoms with Crippen molar-refractivity contribution in [2.24, 2.45) is 0 Å². The highest BCUT2D eigenvalue weighted by Crippen LogP contribution is 2.42. The van der Waals surface area contributed by atoms with Gasteiger partial charge in [-0.2, -0.15) is 0 Å². The van der Waals surface area contributed by atoms with Crippen LogP contribution in [0.15, 0.2) is 101 Å². The number of hydrogen-bond donors (Lipinski definition) is 1. The highest BCUT2D eigenvalue weighted by Gasteiger charge is 2.15. The van der Waals surface area contributed by atoms with Crippen molar-refractivity contribution < 1.29 is 0 Å². The molecule has 0 fully saturated rings. The average molecular weight is 315 g/mol. The second kappa shape index (κ2) is 6.27. The van der Waals surface area contributed by atoms with E-state index in [0.717, 1.165) is 5.69 Å². The number of nitrogens with one attached hydrogen (secondary N) is 1. The summed E-state index contributed by atoms with van der Waals surface area (Å²) in [5.74, 6) is 0. The summed E-state index contributed by atoms with van der Waals surface area (Å²) in [6.45, 7) is 0. The molecular formula is C21H17NS. The smallest absolute Gasteiger partial charge is 0.0521 e. The van der Waals surface area contributed by atoms with Gasteiger partial charge in [0, 0.05) is 15.4 Å². The number of anilines is 2. The molecule has 2 heteroatoms. The van der Waals surface area contributed by atoms with Gasteiger partial charge in [-0.25, -0.2) is 0 Å². The Kier molecular flexibility index (Phi) is 3.83. The molecule has 1 N–H and O–H groups in total. The van der Waals surface area contributed by atoms with Crippen LogP contribution in [0.5, 0.6) is 0 Å². The van der Waals surface area contributed by atoms with Gasteiger partial charge in [-0.05, 0) is 41.3 Å². The highest BCUT2D eigenvalue weighted by atomic mass is 32.2. The third-order valence-electron chi connectivity index (χ3n) is 3.83. The van der Waals surface area contributed by atoms with Gasteiger partial charge in [0.25, 0.3) is 0 Å². The minimum absolute atomic E-state index is 0.0398. The van der Waals surface area contributed by atoms with Crippen molar-refractivity contribution >= 4 is 26.7 Å².